The average Bonchev–Trinajstić information content (AvgIpc) is 2.62. The lowest BCUT2D eigenvalue weighted by molar-refractivity contribution is -0.137. The molecule has 0 aromatic carbocycles. The molecule has 0 aromatic heterocycles. The van der Waals surface area contributed by atoms with Crippen molar-refractivity contribution >= 4 is 17.5 Å². The zero-order valence-corrected chi connectivity index (χ0v) is 12.0. The van der Waals surface area contributed by atoms with E-state index in [1.165, 1.54) is 0 Å². The first-order valence-corrected chi connectivity index (χ1v) is 7.40. The van der Waals surface area contributed by atoms with E-state index in [9.17, 15) is 19.5 Å². The molecule has 0 bridgehead atoms. The zero-order chi connectivity index (χ0) is 15.1. The average molecular weight is 284 g/mol. The van der Waals surface area contributed by atoms with Crippen molar-refractivity contribution in [1.29, 1.82) is 0 Å². The molecule has 0 spiro atoms. The number of carbonyl (C=O) groups excluding carboxylic acids is 2. The SMILES string of the molecule is CCC[C@H]1C(=O)C[C@@H](O)[C@@H]1CCC(=O)CCCC(=O)O. The van der Waals surface area contributed by atoms with Crippen LogP contribution in [0.15, 0.2) is 0 Å². The van der Waals surface area contributed by atoms with Gasteiger partial charge in [-0.1, -0.05) is 13.3 Å². The Kier molecular flexibility index (Phi) is 6.85. The molecule has 0 aliphatic heterocycles. The van der Waals surface area contributed by atoms with Crippen molar-refractivity contribution in [2.45, 2.75) is 64.4 Å². The van der Waals surface area contributed by atoms with Crippen molar-refractivity contribution in [3.05, 3.63) is 0 Å². The van der Waals surface area contributed by atoms with Gasteiger partial charge in [-0.25, -0.2) is 0 Å². The first-order valence-electron chi connectivity index (χ1n) is 7.40. The number of carboxylic acid groups (broad SMARTS) is 1. The van der Waals surface area contributed by atoms with Crippen LogP contribution < -0.4 is 0 Å². The summed E-state index contributed by atoms with van der Waals surface area (Å²) in [4.78, 5) is 33.8. The topological polar surface area (TPSA) is 91.7 Å². The van der Waals surface area contributed by atoms with E-state index in [0.717, 1.165) is 12.8 Å². The number of Topliss-reactive ketones (excluding diaryl/α,β-unsaturated/α-hetero) is 2. The lowest BCUT2D eigenvalue weighted by atomic mass is 9.86. The highest BCUT2D eigenvalue weighted by molar-refractivity contribution is 5.84. The predicted octanol–water partition coefficient (Wildman–Crippen LogP) is 1.96. The van der Waals surface area contributed by atoms with Gasteiger partial charge in [-0.3, -0.25) is 14.4 Å². The molecule has 1 rings (SSSR count). The fourth-order valence-corrected chi connectivity index (χ4v) is 2.98. The quantitative estimate of drug-likeness (QED) is 0.675. The smallest absolute Gasteiger partial charge is 0.303 e. The van der Waals surface area contributed by atoms with Gasteiger partial charge < -0.3 is 10.2 Å². The van der Waals surface area contributed by atoms with Gasteiger partial charge >= 0.3 is 5.97 Å². The van der Waals surface area contributed by atoms with Crippen molar-refractivity contribution in [3.63, 3.8) is 0 Å². The third-order valence-electron chi connectivity index (χ3n) is 4.04. The summed E-state index contributed by atoms with van der Waals surface area (Å²) in [6, 6.07) is 0. The van der Waals surface area contributed by atoms with Crippen molar-refractivity contribution < 1.29 is 24.6 Å². The molecule has 0 aromatic rings. The summed E-state index contributed by atoms with van der Waals surface area (Å²) in [6.45, 7) is 2.01. The Bertz CT molecular complexity index is 363. The second-order valence-electron chi connectivity index (χ2n) is 5.62. The molecular formula is C15H24O5. The zero-order valence-electron chi connectivity index (χ0n) is 12.0. The van der Waals surface area contributed by atoms with Gasteiger partial charge in [-0.05, 0) is 25.2 Å². The van der Waals surface area contributed by atoms with Gasteiger partial charge in [-0.2, -0.15) is 0 Å². The van der Waals surface area contributed by atoms with Crippen molar-refractivity contribution in [2.75, 3.05) is 0 Å². The molecule has 0 radical (unpaired) electrons. The fraction of sp³-hybridized carbons (Fsp3) is 0.800. The molecule has 0 amide bonds. The number of rotatable bonds is 9. The van der Waals surface area contributed by atoms with Crippen molar-refractivity contribution in [2.24, 2.45) is 11.8 Å². The van der Waals surface area contributed by atoms with Crippen LogP contribution in [0.3, 0.4) is 0 Å². The highest BCUT2D eigenvalue weighted by Gasteiger charge is 2.40. The van der Waals surface area contributed by atoms with E-state index in [1.54, 1.807) is 0 Å². The largest absolute Gasteiger partial charge is 0.481 e. The monoisotopic (exact) mass is 284 g/mol. The molecule has 1 aliphatic carbocycles. The normalized spacial score (nSPS) is 25.9. The van der Waals surface area contributed by atoms with E-state index in [2.05, 4.69) is 0 Å². The summed E-state index contributed by atoms with van der Waals surface area (Å²) in [5.41, 5.74) is 0. The van der Waals surface area contributed by atoms with Gasteiger partial charge in [0.05, 0.1) is 6.10 Å². The molecule has 5 nitrogen and oxygen atoms in total. The molecule has 3 atom stereocenters. The first-order chi connectivity index (χ1) is 9.45. The highest BCUT2D eigenvalue weighted by atomic mass is 16.4. The molecule has 5 heteroatoms. The van der Waals surface area contributed by atoms with Crippen LogP contribution in [0.5, 0.6) is 0 Å². The molecule has 114 valence electrons. The van der Waals surface area contributed by atoms with E-state index in [-0.39, 0.29) is 42.7 Å². The Morgan fingerprint density at radius 1 is 1.20 bits per heavy atom. The number of carbonyl (C=O) groups is 3. The maximum absolute atomic E-state index is 11.8. The van der Waals surface area contributed by atoms with E-state index >= 15 is 0 Å². The number of aliphatic carboxylic acids is 1. The molecule has 1 fully saturated rings. The molecular weight excluding hydrogens is 260 g/mol. The molecule has 2 N–H and O–H groups in total. The van der Waals surface area contributed by atoms with Gasteiger partial charge in [0.15, 0.2) is 0 Å². The Hall–Kier alpha value is -1.23. The summed E-state index contributed by atoms with van der Waals surface area (Å²) >= 11 is 0. The van der Waals surface area contributed by atoms with Gasteiger partial charge in [0.1, 0.15) is 11.6 Å². The Morgan fingerprint density at radius 2 is 1.90 bits per heavy atom. The number of ketones is 2. The molecule has 0 saturated heterocycles. The second-order valence-corrected chi connectivity index (χ2v) is 5.62. The van der Waals surface area contributed by atoms with Crippen LogP contribution in [0.1, 0.15) is 58.3 Å². The number of aliphatic hydroxyl groups is 1. The molecule has 0 heterocycles. The summed E-state index contributed by atoms with van der Waals surface area (Å²) in [5.74, 6) is -0.971. The third-order valence-corrected chi connectivity index (χ3v) is 4.04. The van der Waals surface area contributed by atoms with Gasteiger partial charge in [0.2, 0.25) is 0 Å². The van der Waals surface area contributed by atoms with E-state index in [0.29, 0.717) is 19.3 Å². The van der Waals surface area contributed by atoms with Crippen LogP contribution in [-0.4, -0.2) is 33.9 Å². The van der Waals surface area contributed by atoms with E-state index in [1.807, 2.05) is 6.92 Å². The van der Waals surface area contributed by atoms with Crippen LogP contribution in [0.4, 0.5) is 0 Å². The van der Waals surface area contributed by atoms with Crippen LogP contribution >= 0.6 is 0 Å². The van der Waals surface area contributed by atoms with Crippen LogP contribution in [0.2, 0.25) is 0 Å². The van der Waals surface area contributed by atoms with Crippen molar-refractivity contribution in [1.82, 2.24) is 0 Å². The number of aliphatic hydroxyl groups excluding tert-OH is 1. The number of hydrogen-bond donors (Lipinski definition) is 2. The lowest BCUT2D eigenvalue weighted by Crippen LogP contribution is -2.21. The fourth-order valence-electron chi connectivity index (χ4n) is 2.98. The summed E-state index contributed by atoms with van der Waals surface area (Å²) in [5, 5.41) is 18.4. The lowest BCUT2D eigenvalue weighted by Gasteiger charge is -2.20. The van der Waals surface area contributed by atoms with E-state index < -0.39 is 12.1 Å². The maximum Gasteiger partial charge on any atom is 0.303 e. The van der Waals surface area contributed by atoms with Gasteiger partial charge in [-0.15, -0.1) is 0 Å². The maximum atomic E-state index is 11.8. The minimum absolute atomic E-state index is 0.00867. The van der Waals surface area contributed by atoms with Crippen molar-refractivity contribution in [3.8, 4) is 0 Å². The van der Waals surface area contributed by atoms with Crippen LogP contribution in [0.25, 0.3) is 0 Å². The highest BCUT2D eigenvalue weighted by Crippen LogP contribution is 2.35. The number of carboxylic acids is 1. The minimum Gasteiger partial charge on any atom is -0.481 e. The van der Waals surface area contributed by atoms with Gasteiger partial charge in [0, 0.05) is 31.6 Å². The third kappa shape index (κ3) is 5.04. The van der Waals surface area contributed by atoms with E-state index in [4.69, 9.17) is 5.11 Å². The standard InChI is InChI=1S/C15H24O5/c1-2-4-11-12(14(18)9-13(11)17)8-7-10(16)5-3-6-15(19)20/h11-12,14,18H,2-9H2,1H3,(H,19,20)/t11-,12-,14-/m1/s1. The van der Waals surface area contributed by atoms with Crippen LogP contribution in [0, 0.1) is 11.8 Å². The summed E-state index contributed by atoms with van der Waals surface area (Å²) in [6.07, 6.45) is 2.75. The molecule has 0 unspecified atom stereocenters. The predicted molar refractivity (Wildman–Crippen MR) is 73.2 cm³/mol. The Labute approximate surface area is 119 Å². The first kappa shape index (κ1) is 16.8. The Morgan fingerprint density at radius 3 is 2.50 bits per heavy atom. The molecule has 1 saturated carbocycles. The molecule has 1 aliphatic rings. The summed E-state index contributed by atoms with van der Waals surface area (Å²) < 4.78 is 0. The second kappa shape index (κ2) is 8.15. The minimum atomic E-state index is -0.891. The van der Waals surface area contributed by atoms with Gasteiger partial charge in [0.25, 0.3) is 0 Å². The number of hydrogen-bond acceptors (Lipinski definition) is 4. The summed E-state index contributed by atoms with van der Waals surface area (Å²) in [7, 11) is 0. The molecule has 20 heavy (non-hydrogen) atoms. The van der Waals surface area contributed by atoms with Crippen LogP contribution in [-0.2, 0) is 14.4 Å². The Balaban J connectivity index is 2.36.